The molecule has 0 bridgehead atoms. The van der Waals surface area contributed by atoms with Crippen LogP contribution in [0.2, 0.25) is 0 Å². The molecule has 0 saturated carbocycles. The molecule has 2 heterocycles. The van der Waals surface area contributed by atoms with Crippen molar-refractivity contribution in [3.8, 4) is 33.3 Å². The van der Waals surface area contributed by atoms with Crippen LogP contribution in [-0.4, -0.2) is 19.2 Å². The van der Waals surface area contributed by atoms with Gasteiger partial charge in [0, 0.05) is 22.6 Å². The van der Waals surface area contributed by atoms with E-state index in [2.05, 4.69) is 4.98 Å². The quantitative estimate of drug-likeness (QED) is 0.725. The van der Waals surface area contributed by atoms with Gasteiger partial charge in [0.25, 0.3) is 0 Å². The van der Waals surface area contributed by atoms with Crippen LogP contribution in [-0.2, 0) is 0 Å². The second-order valence-electron chi connectivity index (χ2n) is 4.12. The third kappa shape index (κ3) is 2.28. The molecule has 3 aromatic rings. The molecule has 0 aliphatic carbocycles. The summed E-state index contributed by atoms with van der Waals surface area (Å²) in [6.07, 6.45) is 3.33. The van der Waals surface area contributed by atoms with E-state index >= 15 is 0 Å². The van der Waals surface area contributed by atoms with Crippen LogP contribution in [0.1, 0.15) is 0 Å². The summed E-state index contributed by atoms with van der Waals surface area (Å²) in [5.74, 6) is 1.50. The summed E-state index contributed by atoms with van der Waals surface area (Å²) in [7, 11) is 3.27. The third-order valence-corrected chi connectivity index (χ3v) is 3.85. The highest BCUT2D eigenvalue weighted by Gasteiger charge is 2.12. The molecule has 0 radical (unpaired) electrons. The van der Waals surface area contributed by atoms with Crippen LogP contribution < -0.4 is 9.47 Å². The molecule has 0 amide bonds. The van der Waals surface area contributed by atoms with E-state index in [9.17, 15) is 0 Å². The first-order valence-electron chi connectivity index (χ1n) is 6.02. The average Bonchev–Trinajstić information content (AvgIpc) is 3.17. The molecular formula is C15H13NO3S. The summed E-state index contributed by atoms with van der Waals surface area (Å²) >= 11 is 1.57. The smallest absolute Gasteiger partial charge is 0.131 e. The summed E-state index contributed by atoms with van der Waals surface area (Å²) in [6.45, 7) is 0. The number of furan rings is 1. The molecule has 4 nitrogen and oxygen atoms in total. The van der Waals surface area contributed by atoms with Gasteiger partial charge in [0.1, 0.15) is 22.8 Å². The lowest BCUT2D eigenvalue weighted by Gasteiger charge is -2.08. The molecule has 0 aliphatic rings. The van der Waals surface area contributed by atoms with Gasteiger partial charge in [-0.1, -0.05) is 0 Å². The Morgan fingerprint density at radius 1 is 1.15 bits per heavy atom. The maximum absolute atomic E-state index is 5.41. The molecule has 0 unspecified atom stereocenters. The summed E-state index contributed by atoms with van der Waals surface area (Å²) in [6, 6.07) is 7.60. The van der Waals surface area contributed by atoms with Crippen LogP contribution in [0.15, 0.2) is 46.6 Å². The van der Waals surface area contributed by atoms with Gasteiger partial charge in [-0.15, -0.1) is 11.3 Å². The topological polar surface area (TPSA) is 44.5 Å². The minimum Gasteiger partial charge on any atom is -0.497 e. The maximum atomic E-state index is 5.41. The van der Waals surface area contributed by atoms with Crippen LogP contribution in [0, 0.1) is 0 Å². The molecule has 0 fully saturated rings. The first kappa shape index (κ1) is 12.7. The van der Waals surface area contributed by atoms with Crippen molar-refractivity contribution in [1.29, 1.82) is 0 Å². The van der Waals surface area contributed by atoms with Gasteiger partial charge in [0.2, 0.25) is 0 Å². The summed E-state index contributed by atoms with van der Waals surface area (Å²) in [5.41, 5.74) is 2.80. The zero-order chi connectivity index (χ0) is 13.9. The number of hydrogen-bond acceptors (Lipinski definition) is 5. The lowest BCUT2D eigenvalue weighted by molar-refractivity contribution is 0.395. The van der Waals surface area contributed by atoms with E-state index in [1.54, 1.807) is 38.1 Å². The van der Waals surface area contributed by atoms with Gasteiger partial charge >= 0.3 is 0 Å². The second-order valence-corrected chi connectivity index (χ2v) is 4.97. The van der Waals surface area contributed by atoms with E-state index < -0.39 is 0 Å². The first-order chi connectivity index (χ1) is 9.81. The molecule has 0 spiro atoms. The van der Waals surface area contributed by atoms with Crippen molar-refractivity contribution < 1.29 is 13.9 Å². The fourth-order valence-electron chi connectivity index (χ4n) is 1.93. The van der Waals surface area contributed by atoms with Crippen LogP contribution in [0.4, 0.5) is 0 Å². The fraction of sp³-hybridized carbons (Fsp3) is 0.133. The minimum absolute atomic E-state index is 0.744. The van der Waals surface area contributed by atoms with Crippen molar-refractivity contribution in [3.63, 3.8) is 0 Å². The van der Waals surface area contributed by atoms with Gasteiger partial charge < -0.3 is 13.9 Å². The molecule has 3 rings (SSSR count). The molecular weight excluding hydrogens is 274 g/mol. The predicted molar refractivity (Wildman–Crippen MR) is 78.4 cm³/mol. The monoisotopic (exact) mass is 287 g/mol. The van der Waals surface area contributed by atoms with Gasteiger partial charge in [-0.05, 0) is 18.2 Å². The molecule has 1 aromatic carbocycles. The number of thiazole rings is 1. The summed E-state index contributed by atoms with van der Waals surface area (Å²) in [5, 5.41) is 2.93. The lowest BCUT2D eigenvalue weighted by Crippen LogP contribution is -1.90. The van der Waals surface area contributed by atoms with Crippen molar-refractivity contribution in [1.82, 2.24) is 4.98 Å². The van der Waals surface area contributed by atoms with E-state index in [-0.39, 0.29) is 0 Å². The maximum Gasteiger partial charge on any atom is 0.131 e. The third-order valence-electron chi connectivity index (χ3n) is 2.96. The Hall–Kier alpha value is -2.27. The normalized spacial score (nSPS) is 10.5. The Morgan fingerprint density at radius 2 is 2.05 bits per heavy atom. The Kier molecular flexibility index (Phi) is 3.43. The second kappa shape index (κ2) is 5.38. The highest BCUT2D eigenvalue weighted by Crippen LogP contribution is 2.35. The van der Waals surface area contributed by atoms with E-state index in [1.165, 1.54) is 0 Å². The van der Waals surface area contributed by atoms with Gasteiger partial charge in [0.15, 0.2) is 0 Å². The number of nitrogens with zero attached hydrogens (tertiary/aromatic N) is 1. The summed E-state index contributed by atoms with van der Waals surface area (Å²) in [4.78, 5) is 4.62. The zero-order valence-corrected chi connectivity index (χ0v) is 11.9. The fourth-order valence-corrected chi connectivity index (χ4v) is 2.73. The Morgan fingerprint density at radius 3 is 2.75 bits per heavy atom. The van der Waals surface area contributed by atoms with Crippen LogP contribution >= 0.6 is 11.3 Å². The zero-order valence-electron chi connectivity index (χ0n) is 11.1. The number of hydrogen-bond donors (Lipinski definition) is 0. The average molecular weight is 287 g/mol. The lowest BCUT2D eigenvalue weighted by atomic mass is 10.1. The number of benzene rings is 1. The number of rotatable bonds is 4. The molecule has 0 atom stereocenters. The molecule has 102 valence electrons. The van der Waals surface area contributed by atoms with Crippen molar-refractivity contribution in [3.05, 3.63) is 42.2 Å². The molecule has 0 N–H and O–H groups in total. The first-order valence-corrected chi connectivity index (χ1v) is 6.90. The predicted octanol–water partition coefficient (Wildman–Crippen LogP) is 4.09. The Balaban J connectivity index is 2.01. The van der Waals surface area contributed by atoms with Gasteiger partial charge in [-0.3, -0.25) is 0 Å². The molecule has 2 aromatic heterocycles. The SMILES string of the molecule is COc1ccc(-c2csc(-c3ccoc3)n2)c(OC)c1. The van der Waals surface area contributed by atoms with Crippen molar-refractivity contribution in [2.75, 3.05) is 14.2 Å². The number of methoxy groups -OCH3 is 2. The molecule has 5 heteroatoms. The highest BCUT2D eigenvalue weighted by atomic mass is 32.1. The molecule has 0 aliphatic heterocycles. The number of aromatic nitrogens is 1. The van der Waals surface area contributed by atoms with E-state index in [4.69, 9.17) is 13.9 Å². The van der Waals surface area contributed by atoms with Crippen molar-refractivity contribution in [2.45, 2.75) is 0 Å². The Labute approximate surface area is 120 Å². The van der Waals surface area contributed by atoms with Crippen molar-refractivity contribution in [2.24, 2.45) is 0 Å². The minimum atomic E-state index is 0.744. The van der Waals surface area contributed by atoms with Crippen LogP contribution in [0.5, 0.6) is 11.5 Å². The Bertz CT molecular complexity index is 704. The van der Waals surface area contributed by atoms with Crippen LogP contribution in [0.3, 0.4) is 0 Å². The van der Waals surface area contributed by atoms with Crippen molar-refractivity contribution >= 4 is 11.3 Å². The van der Waals surface area contributed by atoms with Gasteiger partial charge in [-0.2, -0.15) is 0 Å². The largest absolute Gasteiger partial charge is 0.497 e. The highest BCUT2D eigenvalue weighted by molar-refractivity contribution is 7.13. The van der Waals surface area contributed by atoms with E-state index in [1.807, 2.05) is 29.6 Å². The van der Waals surface area contributed by atoms with E-state index in [0.717, 1.165) is 33.3 Å². The standard InChI is InChI=1S/C15H13NO3S/c1-17-11-3-4-12(14(7-11)18-2)13-9-20-15(16-13)10-5-6-19-8-10/h3-9H,1-2H3. The van der Waals surface area contributed by atoms with Crippen LogP contribution in [0.25, 0.3) is 21.8 Å². The number of ether oxygens (including phenoxy) is 2. The molecule has 0 saturated heterocycles. The van der Waals surface area contributed by atoms with E-state index in [0.29, 0.717) is 0 Å². The van der Waals surface area contributed by atoms with Gasteiger partial charge in [0.05, 0.1) is 26.2 Å². The summed E-state index contributed by atoms with van der Waals surface area (Å²) < 4.78 is 15.7. The molecule has 20 heavy (non-hydrogen) atoms. The van der Waals surface area contributed by atoms with Gasteiger partial charge in [-0.25, -0.2) is 4.98 Å².